The zero-order valence-corrected chi connectivity index (χ0v) is 20.9. The summed E-state index contributed by atoms with van der Waals surface area (Å²) in [6, 6.07) is 0. The van der Waals surface area contributed by atoms with Crippen LogP contribution in [0.4, 0.5) is 0 Å². The van der Waals surface area contributed by atoms with E-state index in [1.165, 1.54) is 32.1 Å². The molecule has 4 saturated carbocycles. The van der Waals surface area contributed by atoms with Crippen molar-refractivity contribution < 1.29 is 28.8 Å². The molecule has 7 atom stereocenters. The number of Topliss-reactive ketones (excluding diaryl/α,β-unsaturated/α-hetero) is 1. The zero-order valence-electron chi connectivity index (χ0n) is 20.9. The summed E-state index contributed by atoms with van der Waals surface area (Å²) in [5.74, 6) is 3.53. The Morgan fingerprint density at radius 1 is 0.818 bits per heavy atom. The summed E-state index contributed by atoms with van der Waals surface area (Å²) in [7, 11) is 0. The van der Waals surface area contributed by atoms with Gasteiger partial charge in [-0.3, -0.25) is 4.79 Å². The molecule has 0 bridgehead atoms. The van der Waals surface area contributed by atoms with E-state index >= 15 is 0 Å². The number of aliphatic hydroxyl groups excluding tert-OH is 1. The lowest BCUT2D eigenvalue weighted by molar-refractivity contribution is -0.146. The molecule has 0 spiro atoms. The lowest BCUT2D eigenvalue weighted by Gasteiger charge is -2.60. The maximum absolute atomic E-state index is 12.6. The number of hydrogen-bond donors (Lipinski definition) is 1. The molecule has 0 aromatic rings. The molecule has 0 amide bonds. The molecule has 0 unspecified atom stereocenters. The summed E-state index contributed by atoms with van der Waals surface area (Å²) >= 11 is 0. The second-order valence-corrected chi connectivity index (χ2v) is 11.4. The van der Waals surface area contributed by atoms with Gasteiger partial charge in [-0.1, -0.05) is 13.8 Å². The topological polar surface area (TPSA) is 74.2 Å². The van der Waals surface area contributed by atoms with Crippen molar-refractivity contribution in [1.82, 2.24) is 0 Å². The number of fused-ring (bicyclic) bond motifs is 5. The highest BCUT2D eigenvalue weighted by Gasteiger charge is 2.60. The standard InChI is InChI=1S/C27H46O6/c1-26-9-7-21(33-18-17-32-16-15-31-14-13-30-12-11-28)19-20(26)3-4-22-23-5-6-25(29)27(23,2)10-8-24(22)26/h20-24,28H,3-19H2,1-2H3/t20-,21-,22-,23-,24-,26-,27-/m0/s1. The van der Waals surface area contributed by atoms with Crippen LogP contribution in [0, 0.1) is 34.5 Å². The largest absolute Gasteiger partial charge is 0.394 e. The Bertz CT molecular complexity index is 640. The molecule has 4 aliphatic rings. The van der Waals surface area contributed by atoms with E-state index in [-0.39, 0.29) is 12.0 Å². The summed E-state index contributed by atoms with van der Waals surface area (Å²) in [4.78, 5) is 12.6. The van der Waals surface area contributed by atoms with Crippen molar-refractivity contribution in [2.45, 2.75) is 77.7 Å². The lowest BCUT2D eigenvalue weighted by Crippen LogP contribution is -2.54. The number of aliphatic hydroxyl groups is 1. The van der Waals surface area contributed by atoms with Gasteiger partial charge >= 0.3 is 0 Å². The molecule has 0 radical (unpaired) electrons. The normalized spacial score (nSPS) is 40.3. The third-order valence-electron chi connectivity index (χ3n) is 9.89. The van der Waals surface area contributed by atoms with Crippen molar-refractivity contribution in [3.63, 3.8) is 0 Å². The summed E-state index contributed by atoms with van der Waals surface area (Å²) in [5.41, 5.74) is 0.424. The van der Waals surface area contributed by atoms with E-state index < -0.39 is 0 Å². The van der Waals surface area contributed by atoms with Gasteiger partial charge in [-0.15, -0.1) is 0 Å². The molecule has 0 aromatic heterocycles. The SMILES string of the molecule is C[C@]12CC[C@H](OCCOCCOCCOCCO)C[C@@H]1CC[C@@H]1[C@@H]2CC[C@]2(C)C(=O)CC[C@@H]12. The van der Waals surface area contributed by atoms with Gasteiger partial charge in [0, 0.05) is 11.8 Å². The van der Waals surface area contributed by atoms with Crippen LogP contribution in [0.25, 0.3) is 0 Å². The van der Waals surface area contributed by atoms with Gasteiger partial charge in [0.1, 0.15) is 5.78 Å². The molecule has 190 valence electrons. The van der Waals surface area contributed by atoms with E-state index in [4.69, 9.17) is 24.1 Å². The molecule has 0 saturated heterocycles. The average Bonchev–Trinajstić information content (AvgIpc) is 3.12. The van der Waals surface area contributed by atoms with E-state index in [2.05, 4.69) is 13.8 Å². The first kappa shape index (κ1) is 25.6. The quantitative estimate of drug-likeness (QED) is 0.438. The highest BCUT2D eigenvalue weighted by atomic mass is 16.6. The highest BCUT2D eigenvalue weighted by molar-refractivity contribution is 5.87. The Hall–Kier alpha value is -0.530. The van der Waals surface area contributed by atoms with E-state index in [1.54, 1.807) is 0 Å². The third-order valence-corrected chi connectivity index (χ3v) is 9.89. The van der Waals surface area contributed by atoms with Gasteiger partial charge in [-0.25, -0.2) is 0 Å². The fourth-order valence-electron chi connectivity index (χ4n) is 8.02. The second kappa shape index (κ2) is 11.5. The summed E-state index contributed by atoms with van der Waals surface area (Å²) < 4.78 is 22.5. The molecular formula is C27H46O6. The number of rotatable bonds is 12. The van der Waals surface area contributed by atoms with Crippen LogP contribution in [0.3, 0.4) is 0 Å². The van der Waals surface area contributed by atoms with E-state index in [9.17, 15) is 4.79 Å². The first-order valence-corrected chi connectivity index (χ1v) is 13.5. The molecule has 0 aliphatic heterocycles. The van der Waals surface area contributed by atoms with Crippen molar-refractivity contribution in [2.24, 2.45) is 34.5 Å². The third kappa shape index (κ3) is 5.50. The molecule has 6 heteroatoms. The molecule has 0 heterocycles. The molecule has 4 aliphatic carbocycles. The number of carbonyl (C=O) groups excluding carboxylic acids is 1. The predicted octanol–water partition coefficient (Wildman–Crippen LogP) is 4.03. The molecule has 0 aromatic carbocycles. The Kier molecular flexibility index (Phi) is 8.88. The van der Waals surface area contributed by atoms with Crippen molar-refractivity contribution >= 4 is 5.78 Å². The van der Waals surface area contributed by atoms with Gasteiger partial charge in [0.05, 0.1) is 59.0 Å². The van der Waals surface area contributed by atoms with Crippen LogP contribution in [-0.2, 0) is 23.7 Å². The van der Waals surface area contributed by atoms with Gasteiger partial charge < -0.3 is 24.1 Å². The molecule has 33 heavy (non-hydrogen) atoms. The van der Waals surface area contributed by atoms with E-state index in [1.807, 2.05) is 0 Å². The Morgan fingerprint density at radius 3 is 2.24 bits per heavy atom. The van der Waals surface area contributed by atoms with Crippen LogP contribution in [0.15, 0.2) is 0 Å². The fraction of sp³-hybridized carbons (Fsp3) is 0.963. The lowest BCUT2D eigenvalue weighted by atomic mass is 9.45. The maximum Gasteiger partial charge on any atom is 0.139 e. The molecular weight excluding hydrogens is 420 g/mol. The minimum atomic E-state index is -0.0105. The number of ether oxygens (including phenoxy) is 4. The summed E-state index contributed by atoms with van der Waals surface area (Å²) in [5, 5.41) is 8.64. The van der Waals surface area contributed by atoms with Crippen molar-refractivity contribution in [3.05, 3.63) is 0 Å². The number of ketones is 1. The average molecular weight is 467 g/mol. The number of carbonyl (C=O) groups is 1. The minimum Gasteiger partial charge on any atom is -0.394 e. The first-order chi connectivity index (χ1) is 16.0. The van der Waals surface area contributed by atoms with Gasteiger partial charge in [0.15, 0.2) is 0 Å². The van der Waals surface area contributed by atoms with Crippen LogP contribution >= 0.6 is 0 Å². The van der Waals surface area contributed by atoms with Crippen LogP contribution in [0.2, 0.25) is 0 Å². The zero-order chi connectivity index (χ0) is 23.3. The van der Waals surface area contributed by atoms with Crippen LogP contribution < -0.4 is 0 Å². The molecule has 4 rings (SSSR count). The number of hydrogen-bond acceptors (Lipinski definition) is 6. The van der Waals surface area contributed by atoms with Gasteiger partial charge in [-0.05, 0) is 80.5 Å². The second-order valence-electron chi connectivity index (χ2n) is 11.4. The Morgan fingerprint density at radius 2 is 1.52 bits per heavy atom. The first-order valence-electron chi connectivity index (χ1n) is 13.5. The van der Waals surface area contributed by atoms with Gasteiger partial charge in [0.25, 0.3) is 0 Å². The molecule has 6 nitrogen and oxygen atoms in total. The van der Waals surface area contributed by atoms with Gasteiger partial charge in [0.2, 0.25) is 0 Å². The smallest absolute Gasteiger partial charge is 0.139 e. The highest BCUT2D eigenvalue weighted by Crippen LogP contribution is 2.65. The van der Waals surface area contributed by atoms with Gasteiger partial charge in [-0.2, -0.15) is 0 Å². The van der Waals surface area contributed by atoms with E-state index in [0.29, 0.717) is 69.5 Å². The minimum absolute atomic E-state index is 0.0105. The fourth-order valence-corrected chi connectivity index (χ4v) is 8.02. The van der Waals surface area contributed by atoms with E-state index in [0.717, 1.165) is 43.4 Å². The van der Waals surface area contributed by atoms with Crippen LogP contribution in [0.1, 0.15) is 71.6 Å². The van der Waals surface area contributed by atoms with Crippen molar-refractivity contribution in [1.29, 1.82) is 0 Å². The van der Waals surface area contributed by atoms with Crippen molar-refractivity contribution in [2.75, 3.05) is 52.9 Å². The Balaban J connectivity index is 1.14. The predicted molar refractivity (Wildman–Crippen MR) is 126 cm³/mol. The van der Waals surface area contributed by atoms with Crippen molar-refractivity contribution in [3.8, 4) is 0 Å². The molecule has 1 N–H and O–H groups in total. The van der Waals surface area contributed by atoms with Crippen LogP contribution in [0.5, 0.6) is 0 Å². The molecule has 4 fully saturated rings. The summed E-state index contributed by atoms with van der Waals surface area (Å²) in [6.07, 6.45) is 11.0. The summed E-state index contributed by atoms with van der Waals surface area (Å²) in [6.45, 7) is 8.69. The maximum atomic E-state index is 12.6. The monoisotopic (exact) mass is 466 g/mol. The van der Waals surface area contributed by atoms with Crippen LogP contribution in [-0.4, -0.2) is 69.8 Å². The Labute approximate surface area is 200 Å².